The molecule has 2 aromatic rings. The summed E-state index contributed by atoms with van der Waals surface area (Å²) in [6, 6.07) is 16.5. The summed E-state index contributed by atoms with van der Waals surface area (Å²) in [4.78, 5) is 39.3. The average molecular weight is 441 g/mol. The summed E-state index contributed by atoms with van der Waals surface area (Å²) < 4.78 is 0. The lowest BCUT2D eigenvalue weighted by molar-refractivity contribution is -0.138. The summed E-state index contributed by atoms with van der Waals surface area (Å²) in [6.45, 7) is 0. The molecule has 3 rings (SSSR count). The largest absolute Gasteiger partial charge is 0.480 e. The van der Waals surface area contributed by atoms with Gasteiger partial charge in [-0.3, -0.25) is 9.69 Å². The van der Waals surface area contributed by atoms with Crippen LogP contribution < -0.4 is 5.32 Å². The third-order valence-electron chi connectivity index (χ3n) is 5.39. The number of hydrogen-bond donors (Lipinski definition) is 2. The van der Waals surface area contributed by atoms with Gasteiger partial charge in [-0.2, -0.15) is 11.8 Å². The molecule has 0 bridgehead atoms. The number of rotatable bonds is 8. The lowest BCUT2D eigenvalue weighted by Gasteiger charge is -2.33. The maximum atomic E-state index is 13.1. The van der Waals surface area contributed by atoms with Crippen molar-refractivity contribution in [2.24, 2.45) is 0 Å². The molecule has 0 saturated heterocycles. The zero-order valence-electron chi connectivity index (χ0n) is 17.4. The highest BCUT2D eigenvalue weighted by Crippen LogP contribution is 2.24. The molecule has 7 heteroatoms. The van der Waals surface area contributed by atoms with Crippen LogP contribution >= 0.6 is 11.8 Å². The molecule has 164 valence electrons. The summed E-state index contributed by atoms with van der Waals surface area (Å²) in [5.41, 5.74) is 1.51. The molecule has 0 aliphatic heterocycles. The molecule has 1 aliphatic carbocycles. The second kappa shape index (κ2) is 11.6. The Bertz CT molecular complexity index is 870. The van der Waals surface area contributed by atoms with Crippen LogP contribution in [0.4, 0.5) is 4.79 Å². The minimum Gasteiger partial charge on any atom is -0.480 e. The molecule has 6 nitrogen and oxygen atoms in total. The molecular formula is C24H28N2O4S. The van der Waals surface area contributed by atoms with Crippen LogP contribution in [-0.4, -0.2) is 45.8 Å². The van der Waals surface area contributed by atoms with Crippen LogP contribution in [-0.2, 0) is 10.5 Å². The Hall–Kier alpha value is -2.80. The third-order valence-corrected chi connectivity index (χ3v) is 6.50. The number of nitrogens with zero attached hydrogens (tertiary/aromatic N) is 1. The number of thioether (sulfide) groups is 1. The molecule has 2 N–H and O–H groups in total. The molecule has 1 fully saturated rings. The lowest BCUT2D eigenvalue weighted by atomic mass is 9.94. The fourth-order valence-electron chi connectivity index (χ4n) is 3.75. The fourth-order valence-corrected chi connectivity index (χ4v) is 4.75. The van der Waals surface area contributed by atoms with Crippen molar-refractivity contribution in [1.82, 2.24) is 10.2 Å². The fraction of sp³-hybridized carbons (Fsp3) is 0.375. The number of amides is 3. The Morgan fingerprint density at radius 3 is 2.19 bits per heavy atom. The van der Waals surface area contributed by atoms with E-state index in [1.807, 2.05) is 36.4 Å². The molecule has 0 aromatic heterocycles. The number of carboxylic acid groups (broad SMARTS) is 1. The van der Waals surface area contributed by atoms with Crippen molar-refractivity contribution in [3.63, 3.8) is 0 Å². The van der Waals surface area contributed by atoms with E-state index in [1.165, 1.54) is 16.7 Å². The first-order chi connectivity index (χ1) is 15.1. The average Bonchev–Trinajstić information content (AvgIpc) is 2.80. The van der Waals surface area contributed by atoms with Crippen LogP contribution in [0.25, 0.3) is 0 Å². The summed E-state index contributed by atoms with van der Waals surface area (Å²) >= 11 is 1.44. The first-order valence-corrected chi connectivity index (χ1v) is 11.8. The van der Waals surface area contributed by atoms with E-state index in [1.54, 1.807) is 24.3 Å². The van der Waals surface area contributed by atoms with Gasteiger partial charge in [0.05, 0.1) is 0 Å². The van der Waals surface area contributed by atoms with Gasteiger partial charge in [0, 0.05) is 23.1 Å². The summed E-state index contributed by atoms with van der Waals surface area (Å²) in [5.74, 6) is -0.625. The maximum absolute atomic E-state index is 13.1. The third kappa shape index (κ3) is 6.59. The van der Waals surface area contributed by atoms with E-state index in [0.717, 1.165) is 37.7 Å². The highest BCUT2D eigenvalue weighted by molar-refractivity contribution is 7.98. The van der Waals surface area contributed by atoms with Crippen molar-refractivity contribution in [1.29, 1.82) is 0 Å². The zero-order valence-corrected chi connectivity index (χ0v) is 18.2. The van der Waals surface area contributed by atoms with Gasteiger partial charge in [-0.15, -0.1) is 0 Å². The van der Waals surface area contributed by atoms with Gasteiger partial charge in [-0.25, -0.2) is 9.59 Å². The highest BCUT2D eigenvalue weighted by Gasteiger charge is 2.33. The zero-order chi connectivity index (χ0) is 22.1. The van der Waals surface area contributed by atoms with Gasteiger partial charge in [0.1, 0.15) is 6.04 Å². The monoisotopic (exact) mass is 440 g/mol. The van der Waals surface area contributed by atoms with Gasteiger partial charge >= 0.3 is 12.0 Å². The Balaban J connectivity index is 1.69. The quantitative estimate of drug-likeness (QED) is 0.628. The van der Waals surface area contributed by atoms with Gasteiger partial charge in [0.25, 0.3) is 5.91 Å². The van der Waals surface area contributed by atoms with Gasteiger partial charge < -0.3 is 10.4 Å². The van der Waals surface area contributed by atoms with E-state index in [2.05, 4.69) is 5.32 Å². The summed E-state index contributed by atoms with van der Waals surface area (Å²) in [7, 11) is 0. The van der Waals surface area contributed by atoms with Crippen molar-refractivity contribution >= 4 is 29.7 Å². The summed E-state index contributed by atoms with van der Waals surface area (Å²) in [5, 5.41) is 12.2. The van der Waals surface area contributed by atoms with Gasteiger partial charge in [-0.1, -0.05) is 67.8 Å². The van der Waals surface area contributed by atoms with Crippen LogP contribution in [0.3, 0.4) is 0 Å². The topological polar surface area (TPSA) is 86.7 Å². The Morgan fingerprint density at radius 1 is 0.968 bits per heavy atom. The van der Waals surface area contributed by atoms with Crippen LogP contribution in [0.5, 0.6) is 0 Å². The highest BCUT2D eigenvalue weighted by atomic mass is 32.2. The second-order valence-electron chi connectivity index (χ2n) is 7.67. The molecule has 2 aromatic carbocycles. The van der Waals surface area contributed by atoms with Crippen LogP contribution in [0, 0.1) is 0 Å². The number of carbonyl (C=O) groups is 3. The molecule has 1 saturated carbocycles. The van der Waals surface area contributed by atoms with Crippen molar-refractivity contribution < 1.29 is 19.5 Å². The smallest absolute Gasteiger partial charge is 0.327 e. The van der Waals surface area contributed by atoms with E-state index in [-0.39, 0.29) is 17.7 Å². The van der Waals surface area contributed by atoms with E-state index >= 15 is 0 Å². The minimum absolute atomic E-state index is 0.215. The molecule has 1 aliphatic rings. The molecule has 31 heavy (non-hydrogen) atoms. The normalized spacial score (nSPS) is 15.1. The number of carbonyl (C=O) groups excluding carboxylic acids is 2. The van der Waals surface area contributed by atoms with Crippen LogP contribution in [0.1, 0.15) is 48.0 Å². The first kappa shape index (κ1) is 22.9. The maximum Gasteiger partial charge on any atom is 0.327 e. The number of imide groups is 1. The van der Waals surface area contributed by atoms with Crippen molar-refractivity contribution in [2.45, 2.75) is 49.9 Å². The number of hydrogen-bond acceptors (Lipinski definition) is 4. The summed E-state index contributed by atoms with van der Waals surface area (Å²) in [6.07, 6.45) is 4.47. The van der Waals surface area contributed by atoms with Crippen molar-refractivity contribution in [3.8, 4) is 0 Å². The standard InChI is InChI=1S/C24H28N2O4S/c27-22(19-12-6-2-7-13-19)26(20-14-8-3-9-15-20)24(30)25-21(23(28)29)17-31-16-18-10-4-1-5-11-18/h1-2,4-7,10-13,20-21H,3,8-9,14-17H2,(H,25,30)(H,28,29)/t21-/m0/s1. The van der Waals surface area contributed by atoms with E-state index in [0.29, 0.717) is 11.3 Å². The Labute approximate surface area is 187 Å². The number of nitrogens with one attached hydrogen (secondary N) is 1. The van der Waals surface area contributed by atoms with E-state index < -0.39 is 18.0 Å². The second-order valence-corrected chi connectivity index (χ2v) is 8.70. The minimum atomic E-state index is -1.11. The molecule has 0 heterocycles. The molecule has 0 spiro atoms. The number of aliphatic carboxylic acids is 1. The van der Waals surface area contributed by atoms with Gasteiger partial charge in [0.15, 0.2) is 0 Å². The predicted molar refractivity (Wildman–Crippen MR) is 122 cm³/mol. The van der Waals surface area contributed by atoms with Crippen molar-refractivity contribution in [2.75, 3.05) is 5.75 Å². The lowest BCUT2D eigenvalue weighted by Crippen LogP contribution is -2.54. The Morgan fingerprint density at radius 2 is 1.58 bits per heavy atom. The molecule has 1 atom stereocenters. The Kier molecular flexibility index (Phi) is 8.53. The van der Waals surface area contributed by atoms with Crippen LogP contribution in [0.2, 0.25) is 0 Å². The number of carboxylic acids is 1. The molecular weight excluding hydrogens is 412 g/mol. The van der Waals surface area contributed by atoms with E-state index in [4.69, 9.17) is 0 Å². The molecule has 0 radical (unpaired) electrons. The molecule has 0 unspecified atom stereocenters. The van der Waals surface area contributed by atoms with Gasteiger partial charge in [-0.05, 0) is 30.5 Å². The first-order valence-electron chi connectivity index (χ1n) is 10.6. The predicted octanol–water partition coefficient (Wildman–Crippen LogP) is 4.56. The SMILES string of the molecule is O=C(O)[C@H](CSCc1ccccc1)NC(=O)N(C(=O)c1ccccc1)C1CCCCC1. The number of benzene rings is 2. The van der Waals surface area contributed by atoms with Gasteiger partial charge in [0.2, 0.25) is 0 Å². The van der Waals surface area contributed by atoms with Crippen molar-refractivity contribution in [3.05, 3.63) is 71.8 Å². The number of urea groups is 1. The van der Waals surface area contributed by atoms with E-state index in [9.17, 15) is 19.5 Å². The molecule has 3 amide bonds. The van der Waals surface area contributed by atoms with Crippen LogP contribution in [0.15, 0.2) is 60.7 Å².